The first-order chi connectivity index (χ1) is 15.4. The van der Waals surface area contributed by atoms with Crippen LogP contribution in [-0.2, 0) is 4.79 Å². The Morgan fingerprint density at radius 2 is 2.00 bits per heavy atom. The lowest BCUT2D eigenvalue weighted by atomic mass is 9.97. The van der Waals surface area contributed by atoms with Gasteiger partial charge in [0.15, 0.2) is 0 Å². The molecule has 2 aromatic carbocycles. The molecule has 4 rings (SSSR count). The lowest BCUT2D eigenvalue weighted by molar-refractivity contribution is -0.384. The van der Waals surface area contributed by atoms with Gasteiger partial charge in [0.05, 0.1) is 15.6 Å². The highest BCUT2D eigenvalue weighted by Gasteiger charge is 2.25. The molecular weight excluding hydrogens is 514 g/mol. The van der Waals surface area contributed by atoms with E-state index in [4.69, 9.17) is 16.6 Å². The van der Waals surface area contributed by atoms with Gasteiger partial charge in [-0.2, -0.15) is 0 Å². The van der Waals surface area contributed by atoms with Crippen molar-refractivity contribution < 1.29 is 9.72 Å². The topological polar surface area (TPSA) is 76.3 Å². The van der Waals surface area contributed by atoms with Crippen molar-refractivity contribution in [1.82, 2.24) is 9.88 Å². The van der Waals surface area contributed by atoms with E-state index in [0.717, 1.165) is 27.9 Å². The summed E-state index contributed by atoms with van der Waals surface area (Å²) in [6.07, 6.45) is 5.12. The molecule has 3 aromatic rings. The number of hydrogen-bond acceptors (Lipinski definition) is 5. The van der Waals surface area contributed by atoms with E-state index in [-0.39, 0.29) is 22.5 Å². The SMILES string of the molecule is O=C(C=Cc1ccccc1Br)N1CCC(c2nc(-c3ccc(Cl)c([N+](=O)[O-])c3)cs2)CC1. The molecular formula is C23H19BrClN3O3S. The average Bonchev–Trinajstić information content (AvgIpc) is 3.29. The number of carbonyl (C=O) groups is 1. The summed E-state index contributed by atoms with van der Waals surface area (Å²) in [5, 5.41) is 14.2. The first kappa shape index (κ1) is 22.6. The summed E-state index contributed by atoms with van der Waals surface area (Å²) in [6.45, 7) is 1.34. The van der Waals surface area contributed by atoms with Crippen LogP contribution in [-0.4, -0.2) is 33.8 Å². The average molecular weight is 533 g/mol. The number of thiazole rings is 1. The molecule has 0 spiro atoms. The molecule has 0 unspecified atom stereocenters. The van der Waals surface area contributed by atoms with Crippen LogP contribution in [0, 0.1) is 10.1 Å². The van der Waals surface area contributed by atoms with Crippen LogP contribution in [0.15, 0.2) is 58.4 Å². The Balaban J connectivity index is 1.38. The lowest BCUT2D eigenvalue weighted by Crippen LogP contribution is -2.36. The van der Waals surface area contributed by atoms with Crippen LogP contribution >= 0.6 is 38.9 Å². The smallest absolute Gasteiger partial charge is 0.288 e. The van der Waals surface area contributed by atoms with Gasteiger partial charge in [-0.25, -0.2) is 4.98 Å². The summed E-state index contributed by atoms with van der Waals surface area (Å²) < 4.78 is 0.952. The molecule has 1 aliphatic heterocycles. The highest BCUT2D eigenvalue weighted by atomic mass is 79.9. The molecule has 0 saturated carbocycles. The monoisotopic (exact) mass is 531 g/mol. The molecule has 1 saturated heterocycles. The zero-order valence-corrected chi connectivity index (χ0v) is 20.1. The molecule has 0 aliphatic carbocycles. The maximum Gasteiger partial charge on any atom is 0.288 e. The van der Waals surface area contributed by atoms with Crippen molar-refractivity contribution in [3.8, 4) is 11.3 Å². The van der Waals surface area contributed by atoms with Crippen LogP contribution in [0.25, 0.3) is 17.3 Å². The van der Waals surface area contributed by atoms with E-state index < -0.39 is 4.92 Å². The number of amides is 1. The Bertz CT molecular complexity index is 1190. The van der Waals surface area contributed by atoms with Gasteiger partial charge in [-0.1, -0.05) is 51.8 Å². The largest absolute Gasteiger partial charge is 0.339 e. The van der Waals surface area contributed by atoms with Crippen LogP contribution < -0.4 is 0 Å². The number of nitro groups is 1. The third-order valence-electron chi connectivity index (χ3n) is 5.43. The molecule has 1 aliphatic rings. The maximum atomic E-state index is 12.6. The maximum absolute atomic E-state index is 12.6. The predicted molar refractivity (Wildman–Crippen MR) is 131 cm³/mol. The molecule has 1 amide bonds. The van der Waals surface area contributed by atoms with Gasteiger partial charge >= 0.3 is 0 Å². The Labute approximate surface area is 202 Å². The molecule has 2 heterocycles. The van der Waals surface area contributed by atoms with Crippen molar-refractivity contribution in [1.29, 1.82) is 0 Å². The third kappa shape index (κ3) is 5.09. The summed E-state index contributed by atoms with van der Waals surface area (Å²) in [4.78, 5) is 29.8. The third-order valence-corrected chi connectivity index (χ3v) is 7.48. The number of carbonyl (C=O) groups excluding carboxylic acids is 1. The number of benzene rings is 2. The van der Waals surface area contributed by atoms with Crippen LogP contribution in [0.4, 0.5) is 5.69 Å². The van der Waals surface area contributed by atoms with Crippen molar-refractivity contribution in [2.24, 2.45) is 0 Å². The second-order valence-corrected chi connectivity index (χ2v) is 9.60. The van der Waals surface area contributed by atoms with Gasteiger partial charge < -0.3 is 4.90 Å². The zero-order valence-electron chi connectivity index (χ0n) is 16.9. The molecule has 32 heavy (non-hydrogen) atoms. The second kappa shape index (κ2) is 9.94. The van der Waals surface area contributed by atoms with Gasteiger partial charge in [-0.15, -0.1) is 11.3 Å². The van der Waals surface area contributed by atoms with Crippen molar-refractivity contribution >= 4 is 56.5 Å². The minimum absolute atomic E-state index is 0.00695. The number of piperidine rings is 1. The minimum Gasteiger partial charge on any atom is -0.339 e. The number of hydrogen-bond donors (Lipinski definition) is 0. The normalized spacial score (nSPS) is 14.8. The first-order valence-electron chi connectivity index (χ1n) is 10.0. The Morgan fingerprint density at radius 1 is 1.25 bits per heavy atom. The second-order valence-electron chi connectivity index (χ2n) is 7.45. The molecule has 1 fully saturated rings. The highest BCUT2D eigenvalue weighted by Crippen LogP contribution is 2.35. The molecule has 0 radical (unpaired) electrons. The number of rotatable bonds is 5. The lowest BCUT2D eigenvalue weighted by Gasteiger charge is -2.30. The summed E-state index contributed by atoms with van der Waals surface area (Å²) in [5.41, 5.74) is 2.22. The van der Waals surface area contributed by atoms with Gasteiger partial charge in [0.2, 0.25) is 5.91 Å². The van der Waals surface area contributed by atoms with Crippen LogP contribution in [0.5, 0.6) is 0 Å². The highest BCUT2D eigenvalue weighted by molar-refractivity contribution is 9.10. The van der Waals surface area contributed by atoms with Crippen molar-refractivity contribution in [2.45, 2.75) is 18.8 Å². The molecule has 0 atom stereocenters. The standard InChI is InChI=1S/C23H19BrClN3O3S/c24-18-4-2-1-3-15(18)6-8-22(29)27-11-9-16(10-12-27)23-26-20(14-32-23)17-5-7-19(25)21(13-17)28(30)31/h1-8,13-14,16H,9-12H2. The van der Waals surface area contributed by atoms with Gasteiger partial charge in [0.1, 0.15) is 5.02 Å². The predicted octanol–water partition coefficient (Wildman–Crippen LogP) is 6.55. The fraction of sp³-hybridized carbons (Fsp3) is 0.217. The van der Waals surface area contributed by atoms with Gasteiger partial charge in [-0.05, 0) is 36.6 Å². The van der Waals surface area contributed by atoms with E-state index in [2.05, 4.69) is 15.9 Å². The summed E-state index contributed by atoms with van der Waals surface area (Å²) in [5.74, 6) is 0.278. The van der Waals surface area contributed by atoms with Gasteiger partial charge in [0.25, 0.3) is 5.69 Å². The first-order valence-corrected chi connectivity index (χ1v) is 12.1. The summed E-state index contributed by atoms with van der Waals surface area (Å²) >= 11 is 11.0. The summed E-state index contributed by atoms with van der Waals surface area (Å²) in [7, 11) is 0. The van der Waals surface area contributed by atoms with Crippen LogP contribution in [0.3, 0.4) is 0 Å². The molecule has 9 heteroatoms. The van der Waals surface area contributed by atoms with E-state index in [0.29, 0.717) is 24.3 Å². The molecule has 0 N–H and O–H groups in total. The van der Waals surface area contributed by atoms with E-state index >= 15 is 0 Å². The Morgan fingerprint density at radius 3 is 2.72 bits per heavy atom. The van der Waals surface area contributed by atoms with E-state index in [1.54, 1.807) is 23.5 Å². The molecule has 1 aromatic heterocycles. The van der Waals surface area contributed by atoms with Crippen LogP contribution in [0.2, 0.25) is 5.02 Å². The quantitative estimate of drug-likeness (QED) is 0.212. The summed E-state index contributed by atoms with van der Waals surface area (Å²) in [6, 6.07) is 12.5. The van der Waals surface area contributed by atoms with Crippen LogP contribution in [0.1, 0.15) is 29.3 Å². The van der Waals surface area contributed by atoms with Gasteiger partial charge in [-0.3, -0.25) is 14.9 Å². The number of nitrogens with zero attached hydrogens (tertiary/aromatic N) is 3. The molecule has 6 nitrogen and oxygen atoms in total. The number of nitro benzene ring substituents is 1. The van der Waals surface area contributed by atoms with Gasteiger partial charge in [0, 0.05) is 46.6 Å². The molecule has 0 bridgehead atoms. The van der Waals surface area contributed by atoms with E-state index in [1.807, 2.05) is 40.6 Å². The van der Waals surface area contributed by atoms with Crippen molar-refractivity contribution in [3.63, 3.8) is 0 Å². The number of aromatic nitrogens is 1. The van der Waals surface area contributed by atoms with Crippen molar-refractivity contribution in [3.05, 3.63) is 84.1 Å². The Kier molecular flexibility index (Phi) is 7.03. The number of halogens is 2. The van der Waals surface area contributed by atoms with E-state index in [9.17, 15) is 14.9 Å². The fourth-order valence-corrected chi connectivity index (χ4v) is 5.25. The fourth-order valence-electron chi connectivity index (χ4n) is 3.64. The van der Waals surface area contributed by atoms with E-state index in [1.165, 1.54) is 12.1 Å². The Hall–Kier alpha value is -2.55. The minimum atomic E-state index is -0.489. The van der Waals surface area contributed by atoms with Crippen molar-refractivity contribution in [2.75, 3.05) is 13.1 Å². The number of likely N-dealkylation sites (tertiary alicyclic amines) is 1. The molecule has 164 valence electrons. The zero-order chi connectivity index (χ0) is 22.7.